The summed E-state index contributed by atoms with van der Waals surface area (Å²) in [6, 6.07) is 26.7. The molecule has 4 aromatic rings. The SMILES string of the molecule is CCOC(=O)C1(c2ccc(-c3ccc(-c4onc(C)c4C(O)C(C)(C)CCc4ccccc4)cc3)cc2)CC1. The van der Waals surface area contributed by atoms with E-state index < -0.39 is 11.5 Å². The molecule has 3 aromatic carbocycles. The van der Waals surface area contributed by atoms with Crippen LogP contribution in [0.15, 0.2) is 83.4 Å². The fraction of sp³-hybridized carbons (Fsp3) is 0.353. The summed E-state index contributed by atoms with van der Waals surface area (Å²) >= 11 is 0. The molecule has 1 unspecified atom stereocenters. The van der Waals surface area contributed by atoms with Gasteiger partial charge in [-0.3, -0.25) is 4.79 Å². The van der Waals surface area contributed by atoms with Crippen LogP contribution in [0.1, 0.15) is 68.5 Å². The highest BCUT2D eigenvalue weighted by Gasteiger charge is 2.52. The highest BCUT2D eigenvalue weighted by atomic mass is 16.5. The van der Waals surface area contributed by atoms with Crippen molar-refractivity contribution < 1.29 is 19.2 Å². The number of carbonyl (C=O) groups excluding carboxylic acids is 1. The minimum Gasteiger partial charge on any atom is -0.465 e. The van der Waals surface area contributed by atoms with Crippen LogP contribution in [0.4, 0.5) is 0 Å². The summed E-state index contributed by atoms with van der Waals surface area (Å²) in [4.78, 5) is 12.4. The van der Waals surface area contributed by atoms with Crippen molar-refractivity contribution in [2.75, 3.05) is 6.61 Å². The molecule has 1 N–H and O–H groups in total. The van der Waals surface area contributed by atoms with Crippen LogP contribution in [0.3, 0.4) is 0 Å². The van der Waals surface area contributed by atoms with Gasteiger partial charge in [0.05, 0.1) is 29.4 Å². The van der Waals surface area contributed by atoms with Gasteiger partial charge in [-0.1, -0.05) is 97.9 Å². The fourth-order valence-electron chi connectivity index (χ4n) is 5.35. The predicted molar refractivity (Wildman–Crippen MR) is 153 cm³/mol. The normalized spacial score (nSPS) is 15.1. The molecule has 5 heteroatoms. The van der Waals surface area contributed by atoms with Crippen molar-refractivity contribution >= 4 is 5.97 Å². The summed E-state index contributed by atoms with van der Waals surface area (Å²) in [7, 11) is 0. The zero-order valence-electron chi connectivity index (χ0n) is 23.2. The van der Waals surface area contributed by atoms with Crippen LogP contribution in [0, 0.1) is 12.3 Å². The largest absolute Gasteiger partial charge is 0.465 e. The van der Waals surface area contributed by atoms with Gasteiger partial charge in [0.25, 0.3) is 0 Å². The van der Waals surface area contributed by atoms with Crippen molar-refractivity contribution in [3.8, 4) is 22.5 Å². The van der Waals surface area contributed by atoms with E-state index in [0.29, 0.717) is 18.1 Å². The first kappa shape index (κ1) is 26.9. The molecular formula is C34H37NO4. The van der Waals surface area contributed by atoms with Gasteiger partial charge in [0.2, 0.25) is 0 Å². The molecular weight excluding hydrogens is 486 g/mol. The van der Waals surface area contributed by atoms with Crippen LogP contribution >= 0.6 is 0 Å². The average Bonchev–Trinajstić information content (AvgIpc) is 3.69. The van der Waals surface area contributed by atoms with Crippen molar-refractivity contribution in [1.29, 1.82) is 0 Å². The van der Waals surface area contributed by atoms with E-state index in [2.05, 4.69) is 55.4 Å². The third kappa shape index (κ3) is 5.41. The fourth-order valence-corrected chi connectivity index (χ4v) is 5.35. The molecule has 1 aliphatic carbocycles. The Balaban J connectivity index is 1.33. The second kappa shape index (κ2) is 10.8. The summed E-state index contributed by atoms with van der Waals surface area (Å²) < 4.78 is 11.1. The van der Waals surface area contributed by atoms with Gasteiger partial charge >= 0.3 is 5.97 Å². The van der Waals surface area contributed by atoms with E-state index >= 15 is 0 Å². The lowest BCUT2D eigenvalue weighted by atomic mass is 9.77. The van der Waals surface area contributed by atoms with Crippen LogP contribution in [0.5, 0.6) is 0 Å². The van der Waals surface area contributed by atoms with Gasteiger partial charge in [0, 0.05) is 5.56 Å². The quantitative estimate of drug-likeness (QED) is 0.217. The second-order valence-corrected chi connectivity index (χ2v) is 11.3. The van der Waals surface area contributed by atoms with Crippen molar-refractivity contribution in [3.05, 3.63) is 101 Å². The maximum atomic E-state index is 12.4. The number of hydrogen-bond donors (Lipinski definition) is 1. The molecule has 0 amide bonds. The van der Waals surface area contributed by atoms with Gasteiger partial charge in [0.15, 0.2) is 5.76 Å². The van der Waals surface area contributed by atoms with E-state index in [1.807, 2.05) is 56.3 Å². The van der Waals surface area contributed by atoms with E-state index in [9.17, 15) is 9.90 Å². The summed E-state index contributed by atoms with van der Waals surface area (Å²) in [5, 5.41) is 15.7. The molecule has 5 rings (SSSR count). The molecule has 1 fully saturated rings. The highest BCUT2D eigenvalue weighted by molar-refractivity contribution is 5.87. The van der Waals surface area contributed by atoms with E-state index in [1.54, 1.807) is 0 Å². The van der Waals surface area contributed by atoms with E-state index in [4.69, 9.17) is 9.26 Å². The number of aryl methyl sites for hydroxylation is 2. The third-order valence-corrected chi connectivity index (χ3v) is 8.16. The number of rotatable bonds is 10. The van der Waals surface area contributed by atoms with Gasteiger partial charge in [0.1, 0.15) is 0 Å². The Morgan fingerprint density at radius 2 is 1.56 bits per heavy atom. The van der Waals surface area contributed by atoms with Crippen LogP contribution < -0.4 is 0 Å². The minimum atomic E-state index is -0.719. The summed E-state index contributed by atoms with van der Waals surface area (Å²) in [5.41, 5.74) is 5.92. The van der Waals surface area contributed by atoms with Crippen LogP contribution in [0.25, 0.3) is 22.5 Å². The van der Waals surface area contributed by atoms with Crippen LogP contribution in [-0.4, -0.2) is 22.8 Å². The van der Waals surface area contributed by atoms with Gasteiger partial charge in [-0.05, 0) is 67.2 Å². The molecule has 1 aromatic heterocycles. The van der Waals surface area contributed by atoms with Crippen LogP contribution in [0.2, 0.25) is 0 Å². The number of aromatic nitrogens is 1. The molecule has 39 heavy (non-hydrogen) atoms. The smallest absolute Gasteiger partial charge is 0.316 e. The Morgan fingerprint density at radius 3 is 2.15 bits per heavy atom. The number of aliphatic hydroxyl groups excluding tert-OH is 1. The standard InChI is InChI=1S/C34H37NO4/c1-5-38-32(37)34(21-22-34)28-17-15-26(16-18-28)25-11-13-27(14-12-25)30-29(23(2)35-39-30)31(36)33(3,4)20-19-24-9-7-6-8-10-24/h6-18,31,36H,5,19-22H2,1-4H3. The lowest BCUT2D eigenvalue weighted by Crippen LogP contribution is -2.23. The summed E-state index contributed by atoms with van der Waals surface area (Å²) in [5.74, 6) is 0.491. The van der Waals surface area contributed by atoms with E-state index in [-0.39, 0.29) is 11.4 Å². The molecule has 0 saturated heterocycles. The Kier molecular flexibility index (Phi) is 7.46. The number of nitrogens with zero attached hydrogens (tertiary/aromatic N) is 1. The molecule has 0 radical (unpaired) electrons. The zero-order chi connectivity index (χ0) is 27.6. The molecule has 0 bridgehead atoms. The second-order valence-electron chi connectivity index (χ2n) is 11.3. The lowest BCUT2D eigenvalue weighted by molar-refractivity contribution is -0.146. The maximum absolute atomic E-state index is 12.4. The predicted octanol–water partition coefficient (Wildman–Crippen LogP) is 7.60. The molecule has 0 spiro atoms. The van der Waals surface area contributed by atoms with Crippen molar-refractivity contribution in [2.45, 2.75) is 64.9 Å². The van der Waals surface area contributed by atoms with Crippen molar-refractivity contribution in [1.82, 2.24) is 5.16 Å². The molecule has 1 heterocycles. The summed E-state index contributed by atoms with van der Waals surface area (Å²) in [6.07, 6.45) is 2.68. The topological polar surface area (TPSA) is 72.6 Å². The number of benzene rings is 3. The number of carbonyl (C=O) groups is 1. The molecule has 1 atom stereocenters. The first-order chi connectivity index (χ1) is 18.7. The van der Waals surface area contributed by atoms with E-state index in [0.717, 1.165) is 53.5 Å². The van der Waals surface area contributed by atoms with Gasteiger partial charge in [-0.25, -0.2) is 0 Å². The number of ether oxygens (including phenoxy) is 1. The zero-order valence-corrected chi connectivity index (χ0v) is 23.2. The molecule has 202 valence electrons. The van der Waals surface area contributed by atoms with Crippen molar-refractivity contribution in [2.24, 2.45) is 5.41 Å². The third-order valence-electron chi connectivity index (χ3n) is 8.16. The number of hydrogen-bond acceptors (Lipinski definition) is 5. The average molecular weight is 524 g/mol. The minimum absolute atomic E-state index is 0.120. The summed E-state index contributed by atoms with van der Waals surface area (Å²) in [6.45, 7) is 8.32. The monoisotopic (exact) mass is 523 g/mol. The Labute approximate surface area is 230 Å². The maximum Gasteiger partial charge on any atom is 0.316 e. The molecule has 1 aliphatic rings. The van der Waals surface area contributed by atoms with Gasteiger partial charge in [-0.15, -0.1) is 0 Å². The Morgan fingerprint density at radius 1 is 0.974 bits per heavy atom. The number of esters is 1. The highest BCUT2D eigenvalue weighted by Crippen LogP contribution is 2.49. The first-order valence-corrected chi connectivity index (χ1v) is 13.8. The lowest BCUT2D eigenvalue weighted by Gasteiger charge is -2.31. The Hall–Kier alpha value is -3.70. The molecule has 0 aliphatic heterocycles. The van der Waals surface area contributed by atoms with Gasteiger partial charge in [-0.2, -0.15) is 0 Å². The molecule has 5 nitrogen and oxygen atoms in total. The van der Waals surface area contributed by atoms with Crippen LogP contribution in [-0.2, 0) is 21.4 Å². The number of aliphatic hydroxyl groups is 1. The molecule has 1 saturated carbocycles. The van der Waals surface area contributed by atoms with E-state index in [1.165, 1.54) is 5.56 Å². The Bertz CT molecular complexity index is 1410. The van der Waals surface area contributed by atoms with Crippen molar-refractivity contribution in [3.63, 3.8) is 0 Å². The van der Waals surface area contributed by atoms with Gasteiger partial charge < -0.3 is 14.4 Å². The first-order valence-electron chi connectivity index (χ1n) is 13.8.